The van der Waals surface area contributed by atoms with Crippen molar-refractivity contribution in [2.24, 2.45) is 0 Å². The Labute approximate surface area is 303 Å². The summed E-state index contributed by atoms with van der Waals surface area (Å²) < 4.78 is 0. The van der Waals surface area contributed by atoms with E-state index in [0.29, 0.717) is 22.3 Å². The zero-order valence-electron chi connectivity index (χ0n) is 30.6. The van der Waals surface area contributed by atoms with Crippen LogP contribution in [0.2, 0.25) is 0 Å². The van der Waals surface area contributed by atoms with Crippen LogP contribution in [-0.2, 0) is 0 Å². The first-order valence-electron chi connectivity index (χ1n) is 18.0. The van der Waals surface area contributed by atoms with Crippen molar-refractivity contribution in [3.8, 4) is 46.6 Å². The fourth-order valence-electron chi connectivity index (χ4n) is 7.29. The van der Waals surface area contributed by atoms with Crippen molar-refractivity contribution in [1.82, 2.24) is 0 Å². The fraction of sp³-hybridized carbons (Fsp3) is 0.409. The van der Waals surface area contributed by atoms with Crippen LogP contribution in [0.5, 0.6) is 0 Å². The average molecular weight is 697 g/mol. The van der Waals surface area contributed by atoms with Crippen LogP contribution >= 0.6 is 20.1 Å². The van der Waals surface area contributed by atoms with E-state index in [2.05, 4.69) is 100 Å². The summed E-state index contributed by atoms with van der Waals surface area (Å²) in [5.41, 5.74) is 2.99. The van der Waals surface area contributed by atoms with Crippen molar-refractivity contribution in [3.63, 3.8) is 0 Å². The van der Waals surface area contributed by atoms with Crippen LogP contribution in [0.15, 0.2) is 36.4 Å². The van der Waals surface area contributed by atoms with Crippen molar-refractivity contribution in [2.45, 2.75) is 80.1 Å². The van der Waals surface area contributed by atoms with Crippen molar-refractivity contribution < 1.29 is 0 Å². The molecule has 0 N–H and O–H groups in total. The Morgan fingerprint density at radius 2 is 0.660 bits per heavy atom. The van der Waals surface area contributed by atoms with E-state index in [9.17, 15) is 21.0 Å². The number of nitrogens with zero attached hydrogens (tertiary/aromatic N) is 4. The quantitative estimate of drug-likeness (QED) is 0.109. The highest BCUT2D eigenvalue weighted by molar-refractivity contribution is 8.37. The topological polar surface area (TPSA) is 95.2 Å². The molecular weight excluding hydrogens is 649 g/mol. The van der Waals surface area contributed by atoms with Gasteiger partial charge in [-0.1, -0.05) is 53.4 Å². The normalized spacial score (nSPS) is 11.8. The van der Waals surface area contributed by atoms with Gasteiger partial charge >= 0.3 is 0 Å². The summed E-state index contributed by atoms with van der Waals surface area (Å²) in [4.78, 5) is 0. The molecule has 0 radical (unpaired) electrons. The molecular formula is C44H48N4S2. The molecule has 4 nitrogen and oxygen atoms in total. The molecule has 0 saturated carbocycles. The highest BCUT2D eigenvalue weighted by Crippen LogP contribution is 2.50. The van der Waals surface area contributed by atoms with Gasteiger partial charge in [-0.2, -0.15) is 41.1 Å². The van der Waals surface area contributed by atoms with Gasteiger partial charge in [0, 0.05) is 21.9 Å². The number of hydrogen-bond donors (Lipinski definition) is 0. The van der Waals surface area contributed by atoms with Crippen LogP contribution in [-0.4, -0.2) is 34.5 Å². The predicted octanol–water partition coefficient (Wildman–Crippen LogP) is 11.3. The van der Waals surface area contributed by atoms with Gasteiger partial charge in [-0.15, -0.1) is 0 Å². The molecule has 0 fully saturated rings. The van der Waals surface area contributed by atoms with Gasteiger partial charge in [-0.3, -0.25) is 0 Å². The second kappa shape index (κ2) is 17.4. The summed E-state index contributed by atoms with van der Waals surface area (Å²) in [5, 5.41) is 53.1. The molecule has 0 saturated heterocycles. The van der Waals surface area contributed by atoms with E-state index >= 15 is 0 Å². The van der Waals surface area contributed by atoms with Crippen LogP contribution < -0.4 is 0 Å². The standard InChI is InChI=1S/C44H48N4S2/c1-7-15-49(16-8-2,17-9-3)21-13-39-41-25-33-23-35(29-45)36(30-46)24-34(33)26-42(41)40(14-22-50(18-10-4,19-11-5)20-12-6)44-28-38(32-48)37(31-47)27-43(39)44/h23-28H,7-12,15-20H2,1-6H3. The van der Waals surface area contributed by atoms with Crippen molar-refractivity contribution >= 4 is 52.4 Å². The molecule has 4 aromatic rings. The zero-order valence-corrected chi connectivity index (χ0v) is 32.2. The van der Waals surface area contributed by atoms with E-state index in [-0.39, 0.29) is 0 Å². The summed E-state index contributed by atoms with van der Waals surface area (Å²) in [6.45, 7) is 13.4. The summed E-state index contributed by atoms with van der Waals surface area (Å²) in [7, 11) is -2.43. The number of benzene rings is 4. The monoisotopic (exact) mass is 696 g/mol. The SMILES string of the molecule is CCCS(C#Cc1c2cc(C#N)c(C#N)cc2c(C#CS(CCC)(CCC)CCC)c2cc3cc(C#N)c(C#N)cc3cc12)(CCC)CCC. The van der Waals surface area contributed by atoms with Gasteiger partial charge in [0.15, 0.2) is 0 Å². The van der Waals surface area contributed by atoms with Crippen LogP contribution in [0.4, 0.5) is 0 Å². The van der Waals surface area contributed by atoms with Gasteiger partial charge < -0.3 is 0 Å². The highest BCUT2D eigenvalue weighted by Gasteiger charge is 2.22. The molecule has 0 bridgehead atoms. The molecule has 0 amide bonds. The first-order valence-corrected chi connectivity index (χ1v) is 22.3. The number of fused-ring (bicyclic) bond motifs is 3. The Balaban J connectivity index is 2.31. The molecule has 4 rings (SSSR count). The maximum absolute atomic E-state index is 10.2. The lowest BCUT2D eigenvalue weighted by Gasteiger charge is -2.34. The predicted molar refractivity (Wildman–Crippen MR) is 218 cm³/mol. The minimum atomic E-state index is -1.21. The molecule has 0 aliphatic carbocycles. The Morgan fingerprint density at radius 1 is 0.400 bits per heavy atom. The van der Waals surface area contributed by atoms with E-state index < -0.39 is 20.1 Å². The largest absolute Gasteiger partial charge is 0.192 e. The van der Waals surface area contributed by atoms with E-state index in [4.69, 9.17) is 0 Å². The first-order chi connectivity index (χ1) is 24.2. The van der Waals surface area contributed by atoms with Gasteiger partial charge in [0.1, 0.15) is 24.3 Å². The fourth-order valence-corrected chi connectivity index (χ4v) is 14.5. The molecule has 0 unspecified atom stereocenters. The Hall–Kier alpha value is -4.56. The third kappa shape index (κ3) is 7.91. The third-order valence-corrected chi connectivity index (χ3v) is 17.4. The number of nitriles is 4. The number of rotatable bonds is 12. The molecule has 0 aliphatic rings. The lowest BCUT2D eigenvalue weighted by atomic mass is 9.88. The van der Waals surface area contributed by atoms with Crippen LogP contribution in [0.25, 0.3) is 32.3 Å². The van der Waals surface area contributed by atoms with Gasteiger partial charge in [0.25, 0.3) is 0 Å². The molecule has 6 heteroatoms. The molecule has 256 valence electrons. The molecule has 0 atom stereocenters. The zero-order chi connectivity index (χ0) is 36.3. The van der Waals surface area contributed by atoms with Gasteiger partial charge in [0.2, 0.25) is 0 Å². The van der Waals surface area contributed by atoms with E-state index in [1.807, 2.05) is 12.1 Å². The third-order valence-electron chi connectivity index (χ3n) is 9.18. The minimum absolute atomic E-state index is 0.324. The molecule has 0 aromatic heterocycles. The Kier molecular flexibility index (Phi) is 13.3. The minimum Gasteiger partial charge on any atom is -0.192 e. The average Bonchev–Trinajstić information content (AvgIpc) is 3.11. The summed E-state index contributed by atoms with van der Waals surface area (Å²) in [5.74, 6) is 14.0. The smallest absolute Gasteiger partial charge is 0.101 e. The lowest BCUT2D eigenvalue weighted by Crippen LogP contribution is -2.11. The maximum atomic E-state index is 10.2. The van der Waals surface area contributed by atoms with Gasteiger partial charge in [-0.05, 0) is 141 Å². The Morgan fingerprint density at radius 3 is 0.920 bits per heavy atom. The second-order valence-corrected chi connectivity index (χ2v) is 20.1. The van der Waals surface area contributed by atoms with E-state index in [0.717, 1.165) is 116 Å². The van der Waals surface area contributed by atoms with Gasteiger partial charge in [-0.25, -0.2) is 0 Å². The second-order valence-electron chi connectivity index (χ2n) is 13.1. The number of hydrogen-bond acceptors (Lipinski definition) is 4. The van der Waals surface area contributed by atoms with E-state index in [1.165, 1.54) is 0 Å². The van der Waals surface area contributed by atoms with Crippen molar-refractivity contribution in [1.29, 1.82) is 21.0 Å². The lowest BCUT2D eigenvalue weighted by molar-refractivity contribution is 1.02. The van der Waals surface area contributed by atoms with Crippen LogP contribution in [0.3, 0.4) is 0 Å². The molecule has 4 aromatic carbocycles. The molecule has 0 spiro atoms. The Bertz CT molecular complexity index is 2020. The summed E-state index contributed by atoms with van der Waals surface area (Å²) in [6.07, 6.45) is 6.44. The maximum Gasteiger partial charge on any atom is 0.101 e. The van der Waals surface area contributed by atoms with E-state index in [1.54, 1.807) is 12.1 Å². The highest BCUT2D eigenvalue weighted by atomic mass is 32.3. The molecule has 0 aliphatic heterocycles. The molecule has 0 heterocycles. The van der Waals surface area contributed by atoms with Crippen LogP contribution in [0.1, 0.15) is 113 Å². The van der Waals surface area contributed by atoms with Crippen molar-refractivity contribution in [2.75, 3.05) is 34.5 Å². The van der Waals surface area contributed by atoms with Crippen molar-refractivity contribution in [3.05, 3.63) is 69.8 Å². The van der Waals surface area contributed by atoms with Crippen LogP contribution in [0, 0.1) is 67.7 Å². The van der Waals surface area contributed by atoms with Gasteiger partial charge in [0.05, 0.1) is 22.3 Å². The first kappa shape index (κ1) is 38.2. The summed E-state index contributed by atoms with van der Waals surface area (Å²) >= 11 is 0. The molecule has 50 heavy (non-hydrogen) atoms. The summed E-state index contributed by atoms with van der Waals surface area (Å²) in [6, 6.07) is 20.4.